The number of nitrogens with one attached hydrogen (secondary N) is 1. The summed E-state index contributed by atoms with van der Waals surface area (Å²) < 4.78 is 40.2. The molecule has 2 aliphatic carbocycles. The molecule has 0 radical (unpaired) electrons. The molecule has 280 valence electrons. The van der Waals surface area contributed by atoms with Crippen LogP contribution in [0.2, 0.25) is 0 Å². The predicted octanol–water partition coefficient (Wildman–Crippen LogP) is 7.13. The first-order valence-corrected chi connectivity index (χ1v) is 20.9. The SMILES string of the molecule is CO[C@H]1/C=C/C[C@H](C)CS(=O)(NC(=O)c2ccc3c(c2)COCC3)=NC(=O)c2ccc3c(c2)N(C[C@@H]2CC[C@H]21)C[C@@]1(CCCc2cc(C)ccc21)CO3. The summed E-state index contributed by atoms with van der Waals surface area (Å²) in [5, 5.41) is 0. The largest absolute Gasteiger partial charge is 0.490 e. The van der Waals surface area contributed by atoms with E-state index in [4.69, 9.17) is 14.2 Å². The van der Waals surface area contributed by atoms with Crippen molar-refractivity contribution in [3.63, 3.8) is 0 Å². The van der Waals surface area contributed by atoms with Crippen molar-refractivity contribution in [1.29, 1.82) is 0 Å². The highest BCUT2D eigenvalue weighted by Gasteiger charge is 2.44. The van der Waals surface area contributed by atoms with Gasteiger partial charge in [0.15, 0.2) is 0 Å². The number of anilines is 1. The van der Waals surface area contributed by atoms with E-state index in [2.05, 4.69) is 51.3 Å². The summed E-state index contributed by atoms with van der Waals surface area (Å²) in [6.07, 6.45) is 11.0. The van der Waals surface area contributed by atoms with Gasteiger partial charge in [0, 0.05) is 36.7 Å². The molecule has 53 heavy (non-hydrogen) atoms. The fourth-order valence-electron chi connectivity index (χ4n) is 9.24. The Bertz CT molecular complexity index is 2070. The van der Waals surface area contributed by atoms with E-state index in [-0.39, 0.29) is 23.2 Å². The average molecular weight is 738 g/mol. The first-order chi connectivity index (χ1) is 25.6. The van der Waals surface area contributed by atoms with E-state index in [0.29, 0.717) is 49.2 Å². The molecule has 9 nitrogen and oxygen atoms in total. The number of ether oxygens (including phenoxy) is 3. The van der Waals surface area contributed by atoms with Crippen LogP contribution in [-0.2, 0) is 44.3 Å². The number of methoxy groups -OCH3 is 1. The van der Waals surface area contributed by atoms with Gasteiger partial charge in [-0.15, -0.1) is 4.36 Å². The molecular weight excluding hydrogens is 687 g/mol. The van der Waals surface area contributed by atoms with Crippen molar-refractivity contribution in [2.24, 2.45) is 22.1 Å². The van der Waals surface area contributed by atoms with Crippen LogP contribution in [0.5, 0.6) is 5.75 Å². The Morgan fingerprint density at radius 2 is 1.94 bits per heavy atom. The van der Waals surface area contributed by atoms with Crippen LogP contribution in [0.1, 0.15) is 87.6 Å². The molecule has 3 aromatic rings. The zero-order chi connectivity index (χ0) is 36.7. The number of allylic oxidation sites excluding steroid dienone is 1. The van der Waals surface area contributed by atoms with Gasteiger partial charge in [-0.3, -0.25) is 14.3 Å². The summed E-state index contributed by atoms with van der Waals surface area (Å²) >= 11 is 0. The van der Waals surface area contributed by atoms with Crippen LogP contribution in [0.3, 0.4) is 0 Å². The molecule has 2 amide bonds. The summed E-state index contributed by atoms with van der Waals surface area (Å²) in [6.45, 7) is 7.32. The number of benzene rings is 3. The minimum Gasteiger partial charge on any atom is -0.490 e. The van der Waals surface area contributed by atoms with E-state index in [1.807, 2.05) is 25.1 Å². The molecule has 0 saturated heterocycles. The third-order valence-corrected chi connectivity index (χ3v) is 14.2. The zero-order valence-electron chi connectivity index (χ0n) is 31.1. The maximum Gasteiger partial charge on any atom is 0.286 e. The van der Waals surface area contributed by atoms with Gasteiger partial charge in [0.25, 0.3) is 11.8 Å². The molecule has 3 aromatic carbocycles. The lowest BCUT2D eigenvalue weighted by molar-refractivity contribution is 0.0131. The monoisotopic (exact) mass is 737 g/mol. The van der Waals surface area contributed by atoms with Gasteiger partial charge in [0.05, 0.1) is 37.4 Å². The van der Waals surface area contributed by atoms with Crippen LogP contribution in [0, 0.1) is 24.7 Å². The van der Waals surface area contributed by atoms with E-state index >= 15 is 0 Å². The standard InChI is InChI=1S/C43H51N3O6S/c1-28-9-15-37-31(20-28)7-5-18-43(37)26-46-23-34-12-14-36(34)39(50-3)8-4-6-29(2)25-53(49,45-42(48)33-13-16-40(52-27-43)38(46)22-33)44-41(47)32-11-10-30-17-19-51-24-35(30)21-32/h4,8-11,13,15-16,20-22,29,34,36,39H,5-7,12,14,17-19,23-27H2,1-3H3,(H,44,45,47,48,49)/b8-4+/t29-,34-,36+,39-,43-,53?/m0/s1. The molecule has 3 heterocycles. The summed E-state index contributed by atoms with van der Waals surface area (Å²) in [5.74, 6) is 0.240. The van der Waals surface area contributed by atoms with Crippen LogP contribution >= 0.6 is 0 Å². The third kappa shape index (κ3) is 7.30. The molecule has 2 bridgehead atoms. The fourth-order valence-corrected chi connectivity index (χ4v) is 11.1. The minimum atomic E-state index is -3.53. The number of rotatable bonds is 3. The van der Waals surface area contributed by atoms with E-state index < -0.39 is 21.7 Å². The van der Waals surface area contributed by atoms with Crippen LogP contribution in [-0.4, -0.2) is 61.3 Å². The van der Waals surface area contributed by atoms with Gasteiger partial charge in [-0.1, -0.05) is 48.9 Å². The quantitative estimate of drug-likeness (QED) is 0.285. The molecule has 5 aliphatic rings. The molecule has 1 fully saturated rings. The van der Waals surface area contributed by atoms with Crippen LogP contribution < -0.4 is 14.4 Å². The molecule has 10 heteroatoms. The molecule has 3 aliphatic heterocycles. The zero-order valence-corrected chi connectivity index (χ0v) is 31.9. The van der Waals surface area contributed by atoms with Gasteiger partial charge in [-0.2, -0.15) is 0 Å². The van der Waals surface area contributed by atoms with Crippen molar-refractivity contribution < 1.29 is 28.0 Å². The number of aryl methyl sites for hydroxylation is 2. The number of nitrogens with zero attached hydrogens (tertiary/aromatic N) is 2. The number of carbonyl (C=O) groups excluding carboxylic acids is 2. The molecule has 0 aromatic heterocycles. The van der Waals surface area contributed by atoms with Gasteiger partial charge in [0.2, 0.25) is 0 Å². The van der Waals surface area contributed by atoms with Gasteiger partial charge in [0.1, 0.15) is 15.7 Å². The maximum absolute atomic E-state index is 14.7. The number of amides is 2. The first kappa shape index (κ1) is 36.0. The second-order valence-electron chi connectivity index (χ2n) is 16.0. The van der Waals surface area contributed by atoms with Crippen LogP contribution in [0.15, 0.2) is 71.1 Å². The number of fused-ring (bicyclic) bond motifs is 5. The number of hydrogen-bond donors (Lipinski definition) is 1. The lowest BCUT2D eigenvalue weighted by Crippen LogP contribution is -2.49. The van der Waals surface area contributed by atoms with E-state index in [0.717, 1.165) is 74.2 Å². The summed E-state index contributed by atoms with van der Waals surface area (Å²) in [6, 6.07) is 17.7. The molecule has 1 spiro atoms. The van der Waals surface area contributed by atoms with Gasteiger partial charge in [-0.05, 0) is 122 Å². The van der Waals surface area contributed by atoms with E-state index in [9.17, 15) is 13.8 Å². The Morgan fingerprint density at radius 1 is 1.06 bits per heavy atom. The van der Waals surface area contributed by atoms with Crippen LogP contribution in [0.25, 0.3) is 0 Å². The van der Waals surface area contributed by atoms with Crippen molar-refractivity contribution in [3.8, 4) is 5.75 Å². The van der Waals surface area contributed by atoms with Gasteiger partial charge >= 0.3 is 0 Å². The fraction of sp³-hybridized carbons (Fsp3) is 0.488. The Morgan fingerprint density at radius 3 is 2.77 bits per heavy atom. The first-order valence-electron chi connectivity index (χ1n) is 19.2. The number of hydrogen-bond acceptors (Lipinski definition) is 7. The summed E-state index contributed by atoms with van der Waals surface area (Å²) in [4.78, 5) is 30.2. The Hall–Kier alpha value is -3.99. The number of carbonyl (C=O) groups is 2. The molecule has 6 atom stereocenters. The Kier molecular flexibility index (Phi) is 9.98. The molecule has 8 rings (SSSR count). The van der Waals surface area contributed by atoms with Crippen molar-refractivity contribution in [2.75, 3.05) is 44.1 Å². The Balaban J connectivity index is 1.18. The molecule has 1 saturated carbocycles. The maximum atomic E-state index is 14.7. The topological polar surface area (TPSA) is 107 Å². The highest BCUT2D eigenvalue weighted by atomic mass is 32.2. The lowest BCUT2D eigenvalue weighted by Gasteiger charge is -2.46. The van der Waals surface area contributed by atoms with Crippen molar-refractivity contribution in [2.45, 2.75) is 76.9 Å². The summed E-state index contributed by atoms with van der Waals surface area (Å²) in [5.41, 5.74) is 7.44. The Labute approximate surface area is 313 Å². The van der Waals surface area contributed by atoms with Crippen molar-refractivity contribution in [1.82, 2.24) is 4.72 Å². The van der Waals surface area contributed by atoms with Crippen LogP contribution in [0.4, 0.5) is 5.69 Å². The normalized spacial score (nSPS) is 30.3. The smallest absolute Gasteiger partial charge is 0.286 e. The highest BCUT2D eigenvalue weighted by Crippen LogP contribution is 2.47. The predicted molar refractivity (Wildman–Crippen MR) is 207 cm³/mol. The van der Waals surface area contributed by atoms with Crippen molar-refractivity contribution >= 4 is 27.4 Å². The summed E-state index contributed by atoms with van der Waals surface area (Å²) in [7, 11) is -1.75. The third-order valence-electron chi connectivity index (χ3n) is 12.2. The second kappa shape index (κ2) is 14.7. The second-order valence-corrected chi connectivity index (χ2v) is 18.0. The highest BCUT2D eigenvalue weighted by molar-refractivity contribution is 7.92. The molecule has 1 unspecified atom stereocenters. The average Bonchev–Trinajstić information content (AvgIpc) is 3.28. The van der Waals surface area contributed by atoms with Gasteiger partial charge in [-0.25, -0.2) is 4.21 Å². The van der Waals surface area contributed by atoms with E-state index in [1.54, 1.807) is 25.3 Å². The van der Waals surface area contributed by atoms with E-state index in [1.165, 1.54) is 16.7 Å². The molecule has 1 N–H and O–H groups in total. The lowest BCUT2D eigenvalue weighted by atomic mass is 9.68. The molecular formula is C43H51N3O6S. The van der Waals surface area contributed by atoms with Gasteiger partial charge < -0.3 is 19.1 Å². The van der Waals surface area contributed by atoms with Crippen molar-refractivity contribution in [3.05, 3.63) is 106 Å². The minimum absolute atomic E-state index is 0.0220.